The number of rotatable bonds is 9. The second-order valence-corrected chi connectivity index (χ2v) is 15.8. The zero-order chi connectivity index (χ0) is 30.9. The largest absolute Gasteiger partial charge is 0.393 e. The van der Waals surface area contributed by atoms with Crippen LogP contribution in [-0.4, -0.2) is 87.6 Å². The third kappa shape index (κ3) is 7.20. The Kier molecular flexibility index (Phi) is 8.60. The number of aromatic nitrogens is 5. The SMILES string of the molecule is CS(=O)(=O)N1CCC(C#Cc2cnc(Nc3ccnc(-c4cnn(S(=O)(=O)C5CC5)c4)n3)cc2NCC2CCC(O)CC2)C1. The fourth-order valence-corrected chi connectivity index (χ4v) is 7.84. The summed E-state index contributed by atoms with van der Waals surface area (Å²) < 4.78 is 51.4. The normalized spacial score (nSPS) is 22.7. The van der Waals surface area contributed by atoms with Crippen LogP contribution in [0.1, 0.15) is 50.5 Å². The highest BCUT2D eigenvalue weighted by Gasteiger charge is 2.37. The molecule has 234 valence electrons. The molecule has 3 fully saturated rings. The van der Waals surface area contributed by atoms with Crippen molar-refractivity contribution in [3.63, 3.8) is 0 Å². The third-order valence-corrected chi connectivity index (χ3v) is 11.6. The summed E-state index contributed by atoms with van der Waals surface area (Å²) in [6, 6.07) is 3.56. The summed E-state index contributed by atoms with van der Waals surface area (Å²) >= 11 is 0. The predicted octanol–water partition coefficient (Wildman–Crippen LogP) is 2.41. The first kappa shape index (κ1) is 30.4. The maximum atomic E-state index is 12.5. The van der Waals surface area contributed by atoms with Crippen LogP contribution >= 0.6 is 0 Å². The van der Waals surface area contributed by atoms with Crippen molar-refractivity contribution < 1.29 is 21.9 Å². The molecule has 13 nitrogen and oxygen atoms in total. The molecule has 0 aromatic carbocycles. The van der Waals surface area contributed by atoms with Crippen LogP contribution in [0.5, 0.6) is 0 Å². The van der Waals surface area contributed by atoms with E-state index in [1.54, 1.807) is 18.5 Å². The van der Waals surface area contributed by atoms with Crippen molar-refractivity contribution in [1.82, 2.24) is 28.4 Å². The second-order valence-electron chi connectivity index (χ2n) is 11.8. The first-order valence-corrected chi connectivity index (χ1v) is 18.2. The van der Waals surface area contributed by atoms with E-state index in [1.165, 1.54) is 23.0 Å². The third-order valence-electron chi connectivity index (χ3n) is 8.27. The topological polar surface area (TPSA) is 172 Å². The number of hydrogen-bond donors (Lipinski definition) is 3. The molecule has 0 radical (unpaired) electrons. The lowest BCUT2D eigenvalue weighted by Crippen LogP contribution is -2.27. The number of aliphatic hydroxyl groups is 1. The fraction of sp³-hybridized carbons (Fsp3) is 0.517. The van der Waals surface area contributed by atoms with E-state index >= 15 is 0 Å². The number of pyridine rings is 1. The molecule has 1 unspecified atom stereocenters. The summed E-state index contributed by atoms with van der Waals surface area (Å²) in [5, 5.41) is 20.3. The van der Waals surface area contributed by atoms with E-state index < -0.39 is 20.0 Å². The van der Waals surface area contributed by atoms with Crippen molar-refractivity contribution in [3.8, 4) is 23.2 Å². The van der Waals surface area contributed by atoms with Crippen molar-refractivity contribution in [2.24, 2.45) is 11.8 Å². The summed E-state index contributed by atoms with van der Waals surface area (Å²) in [6.45, 7) is 1.57. The lowest BCUT2D eigenvalue weighted by molar-refractivity contribution is 0.111. The minimum Gasteiger partial charge on any atom is -0.393 e. The molecule has 15 heteroatoms. The average Bonchev–Trinajstić information content (AvgIpc) is 3.53. The molecule has 3 N–H and O–H groups in total. The van der Waals surface area contributed by atoms with E-state index in [-0.39, 0.29) is 17.3 Å². The minimum atomic E-state index is -3.49. The van der Waals surface area contributed by atoms with Crippen LogP contribution in [0.15, 0.2) is 36.9 Å². The van der Waals surface area contributed by atoms with Gasteiger partial charge in [-0.2, -0.15) is 9.19 Å². The molecule has 1 saturated heterocycles. The van der Waals surface area contributed by atoms with Gasteiger partial charge in [0, 0.05) is 44.0 Å². The van der Waals surface area contributed by atoms with Gasteiger partial charge in [0.05, 0.1) is 46.8 Å². The molecule has 3 aliphatic rings. The maximum absolute atomic E-state index is 12.5. The predicted molar refractivity (Wildman–Crippen MR) is 166 cm³/mol. The van der Waals surface area contributed by atoms with Gasteiger partial charge in [0.15, 0.2) is 5.82 Å². The molecule has 0 amide bonds. The van der Waals surface area contributed by atoms with Crippen LogP contribution < -0.4 is 10.6 Å². The summed E-state index contributed by atoms with van der Waals surface area (Å²) in [5.74, 6) is 8.16. The minimum absolute atomic E-state index is 0.0572. The Bertz CT molecular complexity index is 1790. The van der Waals surface area contributed by atoms with E-state index in [2.05, 4.69) is 42.5 Å². The molecular weight excluding hydrogens is 605 g/mol. The van der Waals surface area contributed by atoms with Gasteiger partial charge in [0.2, 0.25) is 10.0 Å². The van der Waals surface area contributed by atoms with E-state index in [9.17, 15) is 21.9 Å². The van der Waals surface area contributed by atoms with E-state index in [4.69, 9.17) is 0 Å². The Morgan fingerprint density at radius 3 is 2.55 bits per heavy atom. The lowest BCUT2D eigenvalue weighted by atomic mass is 9.87. The van der Waals surface area contributed by atoms with Gasteiger partial charge in [-0.05, 0) is 56.9 Å². The Labute approximate surface area is 257 Å². The standard InChI is InChI=1S/C29H36N8O5S2/c1-43(39,40)36-13-11-21(18-36)2-5-22-16-32-28(14-26(22)31-15-20-3-6-24(38)7-4-20)34-27-10-12-30-29(35-27)23-17-33-37(19-23)44(41,42)25-8-9-25/h10,12,14,16-17,19-21,24-25,38H,3-4,6-9,11,13,15,18H2,1H3,(H2,30,31,32,34,35). The fourth-order valence-electron chi connectivity index (χ4n) is 5.48. The molecule has 3 aromatic rings. The van der Waals surface area contributed by atoms with Crippen molar-refractivity contribution in [2.75, 3.05) is 36.5 Å². The van der Waals surface area contributed by atoms with Crippen LogP contribution in [0.4, 0.5) is 17.3 Å². The first-order valence-electron chi connectivity index (χ1n) is 14.8. The highest BCUT2D eigenvalue weighted by atomic mass is 32.2. The average molecular weight is 641 g/mol. The molecule has 6 rings (SSSR count). The smallest absolute Gasteiger partial charge is 0.256 e. The summed E-state index contributed by atoms with van der Waals surface area (Å²) in [5.41, 5.74) is 1.98. The molecule has 2 aliphatic carbocycles. The van der Waals surface area contributed by atoms with Crippen LogP contribution in [0, 0.1) is 23.7 Å². The number of anilines is 3. The van der Waals surface area contributed by atoms with Gasteiger partial charge in [-0.25, -0.2) is 36.1 Å². The lowest BCUT2D eigenvalue weighted by Gasteiger charge is -2.26. The van der Waals surface area contributed by atoms with Crippen molar-refractivity contribution >= 4 is 37.4 Å². The maximum Gasteiger partial charge on any atom is 0.256 e. The number of aliphatic hydroxyl groups excluding tert-OH is 1. The summed E-state index contributed by atoms with van der Waals surface area (Å²) in [4.78, 5) is 13.4. The summed E-state index contributed by atoms with van der Waals surface area (Å²) in [7, 11) is -6.73. The quantitative estimate of drug-likeness (QED) is 0.293. The molecule has 1 atom stereocenters. The van der Waals surface area contributed by atoms with Gasteiger partial charge < -0.3 is 15.7 Å². The van der Waals surface area contributed by atoms with Gasteiger partial charge in [-0.15, -0.1) is 0 Å². The molecule has 4 heterocycles. The molecule has 0 spiro atoms. The molecule has 1 aliphatic heterocycles. The Morgan fingerprint density at radius 1 is 1.02 bits per heavy atom. The van der Waals surface area contributed by atoms with Crippen LogP contribution in [0.25, 0.3) is 11.4 Å². The number of sulfonamides is 1. The van der Waals surface area contributed by atoms with Gasteiger partial charge in [-0.1, -0.05) is 11.8 Å². The molecule has 0 bridgehead atoms. The van der Waals surface area contributed by atoms with Crippen molar-refractivity contribution in [1.29, 1.82) is 0 Å². The zero-order valence-corrected chi connectivity index (χ0v) is 26.1. The Morgan fingerprint density at radius 2 is 1.82 bits per heavy atom. The molecule has 3 aromatic heterocycles. The van der Waals surface area contributed by atoms with E-state index in [1.807, 2.05) is 6.07 Å². The van der Waals surface area contributed by atoms with Gasteiger partial charge >= 0.3 is 0 Å². The van der Waals surface area contributed by atoms with Crippen LogP contribution in [-0.2, 0) is 20.0 Å². The monoisotopic (exact) mass is 640 g/mol. The molecule has 2 saturated carbocycles. The van der Waals surface area contributed by atoms with E-state index in [0.717, 1.165) is 42.0 Å². The second kappa shape index (κ2) is 12.4. The van der Waals surface area contributed by atoms with E-state index in [0.29, 0.717) is 66.9 Å². The van der Waals surface area contributed by atoms with Gasteiger partial charge in [0.1, 0.15) is 11.6 Å². The molecular formula is C29H36N8O5S2. The number of hydrogen-bond acceptors (Lipinski definition) is 11. The van der Waals surface area contributed by atoms with Crippen molar-refractivity contribution in [2.45, 2.75) is 56.3 Å². The van der Waals surface area contributed by atoms with Gasteiger partial charge in [-0.3, -0.25) is 0 Å². The number of nitrogens with zero attached hydrogens (tertiary/aromatic N) is 6. The van der Waals surface area contributed by atoms with Crippen molar-refractivity contribution in [3.05, 3.63) is 42.5 Å². The highest BCUT2D eigenvalue weighted by Crippen LogP contribution is 2.31. The first-order chi connectivity index (χ1) is 21.0. The van der Waals surface area contributed by atoms with Crippen LogP contribution in [0.2, 0.25) is 0 Å². The zero-order valence-electron chi connectivity index (χ0n) is 24.4. The Hall–Kier alpha value is -3.58. The molecule has 44 heavy (non-hydrogen) atoms. The Balaban J connectivity index is 1.20. The number of nitrogens with one attached hydrogen (secondary N) is 2. The summed E-state index contributed by atoms with van der Waals surface area (Å²) in [6.07, 6.45) is 12.6. The van der Waals surface area contributed by atoms with Crippen LogP contribution in [0.3, 0.4) is 0 Å². The van der Waals surface area contributed by atoms with Gasteiger partial charge in [0.25, 0.3) is 10.0 Å². The highest BCUT2D eigenvalue weighted by molar-refractivity contribution is 7.90.